The number of aryl methyl sites for hydroxylation is 1. The van der Waals surface area contributed by atoms with E-state index in [-0.39, 0.29) is 11.5 Å². The molecule has 0 bridgehead atoms. The summed E-state index contributed by atoms with van der Waals surface area (Å²) in [6.07, 6.45) is 0. The zero-order valence-electron chi connectivity index (χ0n) is 16.5. The summed E-state index contributed by atoms with van der Waals surface area (Å²) in [7, 11) is 1.59. The molecule has 30 heavy (non-hydrogen) atoms. The lowest BCUT2D eigenvalue weighted by molar-refractivity contribution is 0.102. The predicted molar refractivity (Wildman–Crippen MR) is 113 cm³/mol. The number of aromatic nitrogens is 4. The molecule has 9 nitrogen and oxygen atoms in total. The van der Waals surface area contributed by atoms with E-state index in [4.69, 9.17) is 4.74 Å². The first-order valence-corrected chi connectivity index (χ1v) is 9.26. The maximum absolute atomic E-state index is 12.4. The fourth-order valence-corrected chi connectivity index (χ4v) is 2.91. The molecule has 0 aliphatic carbocycles. The molecule has 0 spiro atoms. The minimum absolute atomic E-state index is 0.197. The van der Waals surface area contributed by atoms with Crippen LogP contribution in [0.1, 0.15) is 21.6 Å². The Bertz CT molecular complexity index is 1240. The van der Waals surface area contributed by atoms with E-state index < -0.39 is 0 Å². The Kier molecular flexibility index (Phi) is 5.17. The molecular weight excluding hydrogens is 384 g/mol. The first kappa shape index (κ1) is 19.2. The number of rotatable bonds is 6. The molecule has 1 amide bonds. The number of nitrogens with one attached hydrogen (secondary N) is 3. The fraction of sp³-hybridized carbons (Fsp3) is 0.143. The Balaban J connectivity index is 1.39. The van der Waals surface area contributed by atoms with Crippen molar-refractivity contribution in [3.05, 3.63) is 81.8 Å². The number of carbonyl (C=O) groups excluding carboxylic acids is 1. The molecular formula is C21H20N6O3. The summed E-state index contributed by atoms with van der Waals surface area (Å²) in [5.41, 5.74) is 2.58. The van der Waals surface area contributed by atoms with E-state index in [1.54, 1.807) is 50.4 Å². The lowest BCUT2D eigenvalue weighted by Crippen LogP contribution is -2.14. The van der Waals surface area contributed by atoms with Crippen molar-refractivity contribution < 1.29 is 9.53 Å². The second-order valence-electron chi connectivity index (χ2n) is 6.68. The maximum atomic E-state index is 12.4. The largest absolute Gasteiger partial charge is 0.497 e. The van der Waals surface area contributed by atoms with Crippen molar-refractivity contribution in [2.75, 3.05) is 17.7 Å². The molecule has 0 saturated carbocycles. The number of benzene rings is 2. The normalized spacial score (nSPS) is 10.7. The highest BCUT2D eigenvalue weighted by atomic mass is 16.5. The molecule has 0 aliphatic heterocycles. The number of aromatic amines is 1. The summed E-state index contributed by atoms with van der Waals surface area (Å²) in [4.78, 5) is 32.8. The summed E-state index contributed by atoms with van der Waals surface area (Å²) < 4.78 is 6.39. The van der Waals surface area contributed by atoms with Crippen molar-refractivity contribution in [1.82, 2.24) is 19.6 Å². The van der Waals surface area contributed by atoms with Crippen molar-refractivity contribution in [2.45, 2.75) is 13.5 Å². The number of anilines is 2. The molecule has 0 unspecified atom stereocenters. The van der Waals surface area contributed by atoms with Gasteiger partial charge in [0.15, 0.2) is 0 Å². The second-order valence-corrected chi connectivity index (χ2v) is 6.68. The third kappa shape index (κ3) is 4.14. The lowest BCUT2D eigenvalue weighted by Gasteiger charge is -2.07. The van der Waals surface area contributed by atoms with Crippen LogP contribution in [0.4, 0.5) is 11.6 Å². The number of fused-ring (bicyclic) bond motifs is 1. The van der Waals surface area contributed by atoms with Crippen LogP contribution in [0.25, 0.3) is 5.78 Å². The number of methoxy groups -OCH3 is 1. The van der Waals surface area contributed by atoms with Crippen LogP contribution in [-0.4, -0.2) is 32.6 Å². The highest BCUT2D eigenvalue weighted by molar-refractivity contribution is 6.04. The van der Waals surface area contributed by atoms with Gasteiger partial charge in [-0.15, -0.1) is 0 Å². The minimum atomic E-state index is -0.217. The van der Waals surface area contributed by atoms with E-state index in [0.717, 1.165) is 11.3 Å². The molecule has 2 heterocycles. The summed E-state index contributed by atoms with van der Waals surface area (Å²) in [5.74, 6) is 1.28. The van der Waals surface area contributed by atoms with Gasteiger partial charge < -0.3 is 15.4 Å². The maximum Gasteiger partial charge on any atom is 0.274 e. The van der Waals surface area contributed by atoms with Crippen molar-refractivity contribution >= 4 is 23.3 Å². The van der Waals surface area contributed by atoms with Gasteiger partial charge in [0.1, 0.15) is 5.75 Å². The van der Waals surface area contributed by atoms with Crippen LogP contribution >= 0.6 is 0 Å². The topological polar surface area (TPSA) is 113 Å². The van der Waals surface area contributed by atoms with E-state index >= 15 is 0 Å². The Labute approximate surface area is 171 Å². The zero-order chi connectivity index (χ0) is 21.1. The molecule has 0 saturated heterocycles. The van der Waals surface area contributed by atoms with Gasteiger partial charge in [-0.05, 0) is 48.9 Å². The smallest absolute Gasteiger partial charge is 0.274 e. The Morgan fingerprint density at radius 2 is 1.83 bits per heavy atom. The Morgan fingerprint density at radius 1 is 1.10 bits per heavy atom. The number of carbonyl (C=O) groups is 1. The summed E-state index contributed by atoms with van der Waals surface area (Å²) in [6.45, 7) is 2.21. The summed E-state index contributed by atoms with van der Waals surface area (Å²) >= 11 is 0. The number of hydrogen-bond acceptors (Lipinski definition) is 6. The van der Waals surface area contributed by atoms with Crippen LogP contribution < -0.4 is 20.9 Å². The van der Waals surface area contributed by atoms with Gasteiger partial charge in [0, 0.05) is 29.6 Å². The first-order valence-electron chi connectivity index (χ1n) is 9.26. The van der Waals surface area contributed by atoms with Crippen LogP contribution in [0.15, 0.2) is 59.4 Å². The average Bonchev–Trinajstić information content (AvgIpc) is 3.16. The van der Waals surface area contributed by atoms with Crippen molar-refractivity contribution in [3.63, 3.8) is 0 Å². The quantitative estimate of drug-likeness (QED) is 0.455. The molecule has 0 atom stereocenters. The third-order valence-electron chi connectivity index (χ3n) is 4.48. The van der Waals surface area contributed by atoms with Gasteiger partial charge in [-0.25, -0.2) is 4.98 Å². The average molecular weight is 404 g/mol. The van der Waals surface area contributed by atoms with Gasteiger partial charge in [0.2, 0.25) is 5.95 Å². The molecule has 0 radical (unpaired) electrons. The molecule has 0 aliphatic rings. The van der Waals surface area contributed by atoms with Crippen molar-refractivity contribution in [3.8, 4) is 5.75 Å². The number of ether oxygens (including phenoxy) is 1. The Hall–Kier alpha value is -4.14. The monoisotopic (exact) mass is 404 g/mol. The van der Waals surface area contributed by atoms with Gasteiger partial charge in [-0.2, -0.15) is 9.50 Å². The molecule has 3 N–H and O–H groups in total. The van der Waals surface area contributed by atoms with Gasteiger partial charge in [-0.3, -0.25) is 14.7 Å². The van der Waals surface area contributed by atoms with Gasteiger partial charge in [0.25, 0.3) is 17.2 Å². The molecule has 4 rings (SSSR count). The van der Waals surface area contributed by atoms with Gasteiger partial charge in [0.05, 0.1) is 7.11 Å². The summed E-state index contributed by atoms with van der Waals surface area (Å²) in [6, 6.07) is 15.8. The predicted octanol–water partition coefficient (Wildman–Crippen LogP) is 2.60. The van der Waals surface area contributed by atoms with Crippen LogP contribution in [-0.2, 0) is 6.54 Å². The van der Waals surface area contributed by atoms with E-state index in [1.165, 1.54) is 10.6 Å². The van der Waals surface area contributed by atoms with Crippen LogP contribution in [0.3, 0.4) is 0 Å². The number of H-pyrrole nitrogens is 1. The van der Waals surface area contributed by atoms with E-state index in [0.29, 0.717) is 35.2 Å². The molecule has 2 aromatic carbocycles. The standard InChI is InChI=1S/C21H20N6O3/c1-13-11-18(28)27-21(23-13)25-20(26-27)22-12-14-3-5-15(6-4-14)19(29)24-16-7-9-17(30-2)10-8-16/h3-11H,12H2,1-2H3,(H,24,29)(H2,22,23,25,26). The van der Waals surface area contributed by atoms with Crippen molar-refractivity contribution in [1.29, 1.82) is 0 Å². The van der Waals surface area contributed by atoms with E-state index in [9.17, 15) is 9.59 Å². The molecule has 4 aromatic rings. The molecule has 2 aromatic heterocycles. The highest BCUT2D eigenvalue weighted by Gasteiger charge is 2.08. The highest BCUT2D eigenvalue weighted by Crippen LogP contribution is 2.16. The third-order valence-corrected chi connectivity index (χ3v) is 4.48. The van der Waals surface area contributed by atoms with Gasteiger partial charge in [-0.1, -0.05) is 12.1 Å². The number of hydrogen-bond donors (Lipinski definition) is 3. The second kappa shape index (κ2) is 8.08. The van der Waals surface area contributed by atoms with Crippen LogP contribution in [0.2, 0.25) is 0 Å². The zero-order valence-corrected chi connectivity index (χ0v) is 16.5. The van der Waals surface area contributed by atoms with Crippen molar-refractivity contribution in [2.24, 2.45) is 0 Å². The first-order chi connectivity index (χ1) is 14.5. The fourth-order valence-electron chi connectivity index (χ4n) is 2.91. The number of amides is 1. The van der Waals surface area contributed by atoms with Crippen LogP contribution in [0, 0.1) is 6.92 Å². The van der Waals surface area contributed by atoms with Crippen LogP contribution in [0.5, 0.6) is 5.75 Å². The van der Waals surface area contributed by atoms with Gasteiger partial charge >= 0.3 is 0 Å². The number of nitrogens with zero attached hydrogens (tertiary/aromatic N) is 3. The van der Waals surface area contributed by atoms with E-state index in [1.807, 2.05) is 12.1 Å². The SMILES string of the molecule is COc1ccc(NC(=O)c2ccc(CNc3nc4nc(C)cc(=O)n4[nH]3)cc2)cc1. The molecule has 0 fully saturated rings. The van der Waals surface area contributed by atoms with E-state index in [2.05, 4.69) is 25.7 Å². The molecule has 152 valence electrons. The Morgan fingerprint density at radius 3 is 2.53 bits per heavy atom. The lowest BCUT2D eigenvalue weighted by atomic mass is 10.1. The summed E-state index contributed by atoms with van der Waals surface area (Å²) in [5, 5.41) is 8.84. The molecule has 9 heteroatoms. The minimum Gasteiger partial charge on any atom is -0.497 e.